The minimum Gasteiger partial charge on any atom is -0.471 e. The van der Waals surface area contributed by atoms with Gasteiger partial charge in [0.2, 0.25) is 17.6 Å². The summed E-state index contributed by atoms with van der Waals surface area (Å²) in [6.45, 7) is 8.41. The van der Waals surface area contributed by atoms with Crippen LogP contribution < -0.4 is 4.74 Å². The molecule has 3 heterocycles. The maximum atomic E-state index is 14.0. The SMILES string of the molecule is CC(C)(C)Oc1nccnc1CN1CCC(c2nc(-c3ccccc3F)no2)CC1. The van der Waals surface area contributed by atoms with Gasteiger partial charge in [0.25, 0.3) is 0 Å². The second-order valence-electron chi connectivity index (χ2n) is 8.51. The molecule has 0 spiro atoms. The molecule has 158 valence electrons. The van der Waals surface area contributed by atoms with Crippen molar-refractivity contribution in [1.29, 1.82) is 0 Å². The van der Waals surface area contributed by atoms with Crippen molar-refractivity contribution < 1.29 is 13.7 Å². The van der Waals surface area contributed by atoms with Gasteiger partial charge in [0, 0.05) is 24.9 Å². The lowest BCUT2D eigenvalue weighted by molar-refractivity contribution is 0.117. The average molecular weight is 411 g/mol. The van der Waals surface area contributed by atoms with E-state index in [-0.39, 0.29) is 17.3 Å². The molecular weight excluding hydrogens is 385 g/mol. The first-order valence-corrected chi connectivity index (χ1v) is 10.2. The van der Waals surface area contributed by atoms with Crippen molar-refractivity contribution in [3.8, 4) is 17.3 Å². The minimum absolute atomic E-state index is 0.168. The van der Waals surface area contributed by atoms with E-state index in [0.29, 0.717) is 29.7 Å². The third kappa shape index (κ3) is 4.81. The molecule has 3 aromatic rings. The normalized spacial score (nSPS) is 16.0. The van der Waals surface area contributed by atoms with Gasteiger partial charge in [-0.1, -0.05) is 17.3 Å². The Morgan fingerprint density at radius 3 is 2.60 bits per heavy atom. The first-order valence-electron chi connectivity index (χ1n) is 10.2. The Balaban J connectivity index is 1.38. The number of hydrogen-bond acceptors (Lipinski definition) is 7. The lowest BCUT2D eigenvalue weighted by Gasteiger charge is -2.30. The standard InChI is InChI=1S/C22H26FN5O2/c1-22(2,3)29-21-18(24-10-11-25-21)14-28-12-8-15(9-13-28)20-26-19(27-30-20)16-6-4-5-7-17(16)23/h4-7,10-11,15H,8-9,12-14H2,1-3H3. The molecule has 1 aliphatic heterocycles. The summed E-state index contributed by atoms with van der Waals surface area (Å²) in [7, 11) is 0. The molecular formula is C22H26FN5O2. The number of aromatic nitrogens is 4. The van der Waals surface area contributed by atoms with Gasteiger partial charge in [-0.3, -0.25) is 9.88 Å². The Hall–Kier alpha value is -2.87. The Bertz CT molecular complexity index is 993. The molecule has 0 atom stereocenters. The second-order valence-corrected chi connectivity index (χ2v) is 8.51. The fourth-order valence-corrected chi connectivity index (χ4v) is 3.54. The molecule has 0 saturated carbocycles. The first-order chi connectivity index (χ1) is 14.4. The van der Waals surface area contributed by atoms with Gasteiger partial charge in [-0.15, -0.1) is 0 Å². The summed E-state index contributed by atoms with van der Waals surface area (Å²) in [4.78, 5) is 15.6. The van der Waals surface area contributed by atoms with E-state index in [9.17, 15) is 4.39 Å². The van der Waals surface area contributed by atoms with Crippen molar-refractivity contribution in [2.24, 2.45) is 0 Å². The highest BCUT2D eigenvalue weighted by Crippen LogP contribution is 2.30. The lowest BCUT2D eigenvalue weighted by atomic mass is 9.96. The van der Waals surface area contributed by atoms with Gasteiger partial charge in [0.1, 0.15) is 17.1 Å². The zero-order valence-corrected chi connectivity index (χ0v) is 17.5. The van der Waals surface area contributed by atoms with Crippen LogP contribution in [-0.4, -0.2) is 43.7 Å². The van der Waals surface area contributed by atoms with Crippen LogP contribution in [0.2, 0.25) is 0 Å². The number of ether oxygens (including phenoxy) is 1. The maximum Gasteiger partial charge on any atom is 0.237 e. The quantitative estimate of drug-likeness (QED) is 0.622. The first kappa shape index (κ1) is 20.4. The molecule has 7 nitrogen and oxygen atoms in total. The minimum atomic E-state index is -0.350. The number of likely N-dealkylation sites (tertiary alicyclic amines) is 1. The van der Waals surface area contributed by atoms with Gasteiger partial charge < -0.3 is 9.26 Å². The van der Waals surface area contributed by atoms with Crippen LogP contribution in [-0.2, 0) is 6.54 Å². The zero-order chi connectivity index (χ0) is 21.1. The van der Waals surface area contributed by atoms with Crippen LogP contribution >= 0.6 is 0 Å². The molecule has 1 fully saturated rings. The van der Waals surface area contributed by atoms with Gasteiger partial charge >= 0.3 is 0 Å². The number of nitrogens with zero attached hydrogens (tertiary/aromatic N) is 5. The van der Waals surface area contributed by atoms with E-state index in [0.717, 1.165) is 31.6 Å². The molecule has 30 heavy (non-hydrogen) atoms. The molecule has 0 bridgehead atoms. The molecule has 1 aromatic carbocycles. The maximum absolute atomic E-state index is 14.0. The molecule has 2 aromatic heterocycles. The van der Waals surface area contributed by atoms with E-state index in [4.69, 9.17) is 9.26 Å². The van der Waals surface area contributed by atoms with Gasteiger partial charge in [-0.05, 0) is 58.8 Å². The van der Waals surface area contributed by atoms with Crippen LogP contribution in [0.1, 0.15) is 51.1 Å². The molecule has 0 amide bonds. The molecule has 0 radical (unpaired) electrons. The van der Waals surface area contributed by atoms with E-state index >= 15 is 0 Å². The van der Waals surface area contributed by atoms with E-state index in [1.54, 1.807) is 30.6 Å². The highest BCUT2D eigenvalue weighted by atomic mass is 19.1. The average Bonchev–Trinajstić information content (AvgIpc) is 3.19. The third-order valence-electron chi connectivity index (χ3n) is 5.01. The topological polar surface area (TPSA) is 77.2 Å². The summed E-state index contributed by atoms with van der Waals surface area (Å²) in [6, 6.07) is 6.46. The molecule has 1 saturated heterocycles. The molecule has 1 aliphatic rings. The summed E-state index contributed by atoms with van der Waals surface area (Å²) in [5.74, 6) is 1.27. The summed E-state index contributed by atoms with van der Waals surface area (Å²) >= 11 is 0. The Morgan fingerprint density at radius 2 is 1.87 bits per heavy atom. The van der Waals surface area contributed by atoms with E-state index in [1.165, 1.54) is 6.07 Å². The van der Waals surface area contributed by atoms with Crippen molar-refractivity contribution in [3.63, 3.8) is 0 Å². The van der Waals surface area contributed by atoms with Crippen molar-refractivity contribution in [2.45, 2.75) is 51.7 Å². The van der Waals surface area contributed by atoms with Crippen LogP contribution in [0, 0.1) is 5.82 Å². The second kappa shape index (κ2) is 8.47. The number of halogens is 1. The molecule has 4 rings (SSSR count). The number of hydrogen-bond donors (Lipinski definition) is 0. The summed E-state index contributed by atoms with van der Waals surface area (Å²) < 4.78 is 25.4. The van der Waals surface area contributed by atoms with Crippen molar-refractivity contribution in [1.82, 2.24) is 25.0 Å². The Morgan fingerprint density at radius 1 is 1.13 bits per heavy atom. The van der Waals surface area contributed by atoms with Crippen LogP contribution in [0.3, 0.4) is 0 Å². The molecule has 8 heteroatoms. The molecule has 0 aliphatic carbocycles. The highest BCUT2D eigenvalue weighted by molar-refractivity contribution is 5.54. The van der Waals surface area contributed by atoms with Gasteiger partial charge in [0.05, 0.1) is 5.56 Å². The number of rotatable bonds is 5. The van der Waals surface area contributed by atoms with Crippen molar-refractivity contribution in [2.75, 3.05) is 13.1 Å². The predicted octanol–water partition coefficient (Wildman–Crippen LogP) is 4.22. The highest BCUT2D eigenvalue weighted by Gasteiger charge is 2.27. The van der Waals surface area contributed by atoms with Gasteiger partial charge in [0.15, 0.2) is 0 Å². The Labute approximate surface area is 175 Å². The van der Waals surface area contributed by atoms with E-state index in [1.807, 2.05) is 20.8 Å². The number of piperidine rings is 1. The van der Waals surface area contributed by atoms with Crippen LogP contribution in [0.5, 0.6) is 5.88 Å². The molecule has 0 N–H and O–H groups in total. The van der Waals surface area contributed by atoms with Crippen LogP contribution in [0.4, 0.5) is 4.39 Å². The third-order valence-corrected chi connectivity index (χ3v) is 5.01. The predicted molar refractivity (Wildman–Crippen MR) is 109 cm³/mol. The Kier molecular flexibility index (Phi) is 5.76. The number of benzene rings is 1. The van der Waals surface area contributed by atoms with E-state index in [2.05, 4.69) is 25.0 Å². The van der Waals surface area contributed by atoms with E-state index < -0.39 is 0 Å². The van der Waals surface area contributed by atoms with Crippen molar-refractivity contribution in [3.05, 3.63) is 54.1 Å². The van der Waals surface area contributed by atoms with Crippen LogP contribution in [0.25, 0.3) is 11.4 Å². The van der Waals surface area contributed by atoms with Gasteiger partial charge in [-0.25, -0.2) is 9.37 Å². The van der Waals surface area contributed by atoms with Crippen molar-refractivity contribution >= 4 is 0 Å². The molecule has 0 unspecified atom stereocenters. The van der Waals surface area contributed by atoms with Crippen LogP contribution in [0.15, 0.2) is 41.2 Å². The fraction of sp³-hybridized carbons (Fsp3) is 0.455. The largest absolute Gasteiger partial charge is 0.471 e. The zero-order valence-electron chi connectivity index (χ0n) is 17.5. The monoisotopic (exact) mass is 411 g/mol. The fourth-order valence-electron chi connectivity index (χ4n) is 3.54. The summed E-state index contributed by atoms with van der Waals surface area (Å²) in [5.41, 5.74) is 0.871. The summed E-state index contributed by atoms with van der Waals surface area (Å²) in [5, 5.41) is 3.98. The smallest absolute Gasteiger partial charge is 0.237 e. The summed E-state index contributed by atoms with van der Waals surface area (Å²) in [6.07, 6.45) is 5.11. The van der Waals surface area contributed by atoms with Gasteiger partial charge in [-0.2, -0.15) is 4.98 Å². The lowest BCUT2D eigenvalue weighted by Crippen LogP contribution is -2.33.